The number of nitrogens with zero attached hydrogens (tertiary/aromatic N) is 2. The van der Waals surface area contributed by atoms with E-state index in [0.717, 1.165) is 12.1 Å². The standard InChI is InChI=1S/C13H9F2N3/c1-8-5-6-17-13(9(8)7-16)18-12-10(14)3-2-4-11(12)15/h2-6H,1H3,(H,17,18). The molecule has 0 aliphatic heterocycles. The van der Waals surface area contributed by atoms with E-state index in [1.165, 1.54) is 12.3 Å². The second-order valence-corrected chi connectivity index (χ2v) is 3.68. The lowest BCUT2D eigenvalue weighted by atomic mass is 10.1. The van der Waals surface area contributed by atoms with Crippen LogP contribution >= 0.6 is 0 Å². The van der Waals surface area contributed by atoms with Crippen molar-refractivity contribution in [2.75, 3.05) is 5.32 Å². The SMILES string of the molecule is Cc1ccnc(Nc2c(F)cccc2F)c1C#N. The molecule has 90 valence electrons. The number of pyridine rings is 1. The summed E-state index contributed by atoms with van der Waals surface area (Å²) in [5.74, 6) is -1.33. The van der Waals surface area contributed by atoms with E-state index in [2.05, 4.69) is 10.3 Å². The van der Waals surface area contributed by atoms with E-state index in [0.29, 0.717) is 5.56 Å². The molecule has 3 nitrogen and oxygen atoms in total. The van der Waals surface area contributed by atoms with Gasteiger partial charge in [-0.15, -0.1) is 0 Å². The van der Waals surface area contributed by atoms with Gasteiger partial charge in [-0.05, 0) is 30.7 Å². The molecular weight excluding hydrogens is 236 g/mol. The average molecular weight is 245 g/mol. The molecule has 1 aromatic carbocycles. The number of hydrogen-bond donors (Lipinski definition) is 1. The molecule has 2 rings (SSSR count). The van der Waals surface area contributed by atoms with Gasteiger partial charge in [-0.25, -0.2) is 13.8 Å². The first kappa shape index (κ1) is 12.0. The zero-order valence-corrected chi connectivity index (χ0v) is 9.54. The van der Waals surface area contributed by atoms with Crippen LogP contribution in [0.2, 0.25) is 0 Å². The van der Waals surface area contributed by atoms with Crippen LogP contribution in [0.25, 0.3) is 0 Å². The van der Waals surface area contributed by atoms with E-state index >= 15 is 0 Å². The van der Waals surface area contributed by atoms with Crippen molar-refractivity contribution in [2.45, 2.75) is 6.92 Å². The Bertz CT molecular complexity index is 612. The number of aromatic nitrogens is 1. The zero-order valence-electron chi connectivity index (χ0n) is 9.54. The molecule has 2 aromatic rings. The predicted octanol–water partition coefficient (Wildman–Crippen LogP) is 3.28. The first-order chi connectivity index (χ1) is 8.63. The maximum atomic E-state index is 13.5. The highest BCUT2D eigenvalue weighted by atomic mass is 19.1. The van der Waals surface area contributed by atoms with E-state index in [1.807, 2.05) is 6.07 Å². The minimum absolute atomic E-state index is 0.140. The van der Waals surface area contributed by atoms with Gasteiger partial charge in [-0.1, -0.05) is 6.07 Å². The molecular formula is C13H9F2N3. The highest BCUT2D eigenvalue weighted by Crippen LogP contribution is 2.24. The molecule has 0 radical (unpaired) electrons. The Morgan fingerprint density at radius 1 is 1.22 bits per heavy atom. The Hall–Kier alpha value is -2.48. The first-order valence-corrected chi connectivity index (χ1v) is 5.20. The van der Waals surface area contributed by atoms with E-state index in [-0.39, 0.29) is 17.1 Å². The van der Waals surface area contributed by atoms with E-state index in [1.54, 1.807) is 13.0 Å². The topological polar surface area (TPSA) is 48.7 Å². The van der Waals surface area contributed by atoms with Crippen molar-refractivity contribution in [3.63, 3.8) is 0 Å². The molecule has 18 heavy (non-hydrogen) atoms. The summed E-state index contributed by atoms with van der Waals surface area (Å²) in [7, 11) is 0. The van der Waals surface area contributed by atoms with Gasteiger partial charge in [0.25, 0.3) is 0 Å². The van der Waals surface area contributed by atoms with Crippen molar-refractivity contribution in [3.05, 3.63) is 53.2 Å². The fraction of sp³-hybridized carbons (Fsp3) is 0.0769. The molecule has 0 saturated carbocycles. The second-order valence-electron chi connectivity index (χ2n) is 3.68. The molecule has 0 atom stereocenters. The molecule has 0 aliphatic rings. The third-order valence-electron chi connectivity index (χ3n) is 2.48. The van der Waals surface area contributed by atoms with Gasteiger partial charge in [0.2, 0.25) is 0 Å². The Kier molecular flexibility index (Phi) is 3.20. The van der Waals surface area contributed by atoms with Gasteiger partial charge in [0, 0.05) is 6.20 Å². The first-order valence-electron chi connectivity index (χ1n) is 5.20. The van der Waals surface area contributed by atoms with Gasteiger partial charge >= 0.3 is 0 Å². The van der Waals surface area contributed by atoms with Crippen molar-refractivity contribution >= 4 is 11.5 Å². The molecule has 1 heterocycles. The summed E-state index contributed by atoms with van der Waals surface area (Å²) >= 11 is 0. The molecule has 5 heteroatoms. The number of benzene rings is 1. The van der Waals surface area contributed by atoms with Crippen LogP contribution in [0.1, 0.15) is 11.1 Å². The molecule has 1 N–H and O–H groups in total. The summed E-state index contributed by atoms with van der Waals surface area (Å²) < 4.78 is 26.9. The minimum Gasteiger partial charge on any atom is -0.334 e. The van der Waals surface area contributed by atoms with Crippen LogP contribution in [0.3, 0.4) is 0 Å². The molecule has 0 amide bonds. The Morgan fingerprint density at radius 2 is 1.89 bits per heavy atom. The fourth-order valence-corrected chi connectivity index (χ4v) is 1.53. The number of nitriles is 1. The summed E-state index contributed by atoms with van der Waals surface area (Å²) in [5, 5.41) is 11.5. The van der Waals surface area contributed by atoms with E-state index in [9.17, 15) is 8.78 Å². The van der Waals surface area contributed by atoms with Crippen molar-refractivity contribution < 1.29 is 8.78 Å². The lowest BCUT2D eigenvalue weighted by Gasteiger charge is -2.10. The molecule has 1 aromatic heterocycles. The van der Waals surface area contributed by atoms with Gasteiger partial charge in [-0.2, -0.15) is 5.26 Å². The van der Waals surface area contributed by atoms with Crippen molar-refractivity contribution in [2.24, 2.45) is 0 Å². The van der Waals surface area contributed by atoms with Gasteiger partial charge in [0.05, 0.1) is 5.56 Å². The van der Waals surface area contributed by atoms with Crippen LogP contribution in [0.4, 0.5) is 20.3 Å². The van der Waals surface area contributed by atoms with Crippen molar-refractivity contribution in [1.29, 1.82) is 5.26 Å². The van der Waals surface area contributed by atoms with Crippen LogP contribution in [0, 0.1) is 29.9 Å². The van der Waals surface area contributed by atoms with Crippen LogP contribution < -0.4 is 5.32 Å². The van der Waals surface area contributed by atoms with Gasteiger partial charge < -0.3 is 5.32 Å². The fourth-order valence-electron chi connectivity index (χ4n) is 1.53. The predicted molar refractivity (Wildman–Crippen MR) is 63.3 cm³/mol. The normalized spacial score (nSPS) is 9.89. The maximum Gasteiger partial charge on any atom is 0.149 e. The summed E-state index contributed by atoms with van der Waals surface area (Å²) in [6.07, 6.45) is 1.47. The molecule has 0 saturated heterocycles. The molecule has 0 unspecified atom stereocenters. The molecule has 0 fully saturated rings. The Labute approximate surface area is 103 Å². The maximum absolute atomic E-state index is 13.5. The minimum atomic E-state index is -0.734. The van der Waals surface area contributed by atoms with E-state index in [4.69, 9.17) is 5.26 Å². The van der Waals surface area contributed by atoms with E-state index < -0.39 is 11.6 Å². The van der Waals surface area contributed by atoms with Crippen LogP contribution in [0.15, 0.2) is 30.5 Å². The number of aryl methyl sites for hydroxylation is 1. The third kappa shape index (κ3) is 2.13. The van der Waals surface area contributed by atoms with Crippen LogP contribution in [-0.2, 0) is 0 Å². The van der Waals surface area contributed by atoms with Gasteiger partial charge in [0.1, 0.15) is 29.2 Å². The summed E-state index contributed by atoms with van der Waals surface area (Å²) in [4.78, 5) is 3.92. The smallest absolute Gasteiger partial charge is 0.149 e. The second kappa shape index (κ2) is 4.80. The van der Waals surface area contributed by atoms with Gasteiger partial charge in [0.15, 0.2) is 0 Å². The number of para-hydroxylation sites is 1. The summed E-state index contributed by atoms with van der Waals surface area (Å²) in [6, 6.07) is 7.14. The number of halogens is 2. The molecule has 0 aliphatic carbocycles. The Morgan fingerprint density at radius 3 is 2.50 bits per heavy atom. The average Bonchev–Trinajstić information content (AvgIpc) is 2.34. The molecule has 0 bridgehead atoms. The zero-order chi connectivity index (χ0) is 13.1. The quantitative estimate of drug-likeness (QED) is 0.883. The third-order valence-corrected chi connectivity index (χ3v) is 2.48. The Balaban J connectivity index is 2.48. The molecule has 0 spiro atoms. The van der Waals surface area contributed by atoms with Gasteiger partial charge in [-0.3, -0.25) is 0 Å². The highest BCUT2D eigenvalue weighted by molar-refractivity contribution is 5.65. The van der Waals surface area contributed by atoms with Crippen LogP contribution in [-0.4, -0.2) is 4.98 Å². The van der Waals surface area contributed by atoms with Crippen LogP contribution in [0.5, 0.6) is 0 Å². The number of hydrogen-bond acceptors (Lipinski definition) is 3. The number of nitrogens with one attached hydrogen (secondary N) is 1. The largest absolute Gasteiger partial charge is 0.334 e. The lowest BCUT2D eigenvalue weighted by molar-refractivity contribution is 0.590. The summed E-state index contributed by atoms with van der Waals surface area (Å²) in [5.41, 5.74) is 0.638. The highest BCUT2D eigenvalue weighted by Gasteiger charge is 2.12. The van der Waals surface area contributed by atoms with Crippen molar-refractivity contribution in [3.8, 4) is 6.07 Å². The van der Waals surface area contributed by atoms with Crippen molar-refractivity contribution in [1.82, 2.24) is 4.98 Å². The number of anilines is 2. The monoisotopic (exact) mass is 245 g/mol. The lowest BCUT2D eigenvalue weighted by Crippen LogP contribution is -2.02. The number of rotatable bonds is 2. The summed E-state index contributed by atoms with van der Waals surface area (Å²) in [6.45, 7) is 1.73.